The number of fused-ring (bicyclic) bond motifs is 1. The number of nitrogens with two attached hydrogens (primary N) is 1. The lowest BCUT2D eigenvalue weighted by Gasteiger charge is -2.26. The molecule has 126 valence electrons. The van der Waals surface area contributed by atoms with E-state index in [1.807, 2.05) is 24.3 Å². The summed E-state index contributed by atoms with van der Waals surface area (Å²) in [5.74, 6) is 1.96. The third-order valence-corrected chi connectivity index (χ3v) is 4.31. The molecule has 0 saturated heterocycles. The Morgan fingerprint density at radius 1 is 1.21 bits per heavy atom. The standard InChI is InChI=1S/C19H21NO4/c1-22-16-7-6-12(10-15(16)19(20)21)8-13-9-14-4-3-5-17(23-2)18(14)24-11-13/h3-7,10,13H,8-9,11H2,1-2H3,(H2,20,21)/t13-/m1/s1. The summed E-state index contributed by atoms with van der Waals surface area (Å²) in [7, 11) is 3.18. The van der Waals surface area contributed by atoms with Gasteiger partial charge in [0.1, 0.15) is 5.75 Å². The van der Waals surface area contributed by atoms with Gasteiger partial charge >= 0.3 is 0 Å². The van der Waals surface area contributed by atoms with Crippen LogP contribution in [0.15, 0.2) is 36.4 Å². The Kier molecular flexibility index (Phi) is 4.60. The molecule has 0 aromatic heterocycles. The molecule has 0 bridgehead atoms. The number of benzene rings is 2. The average molecular weight is 327 g/mol. The van der Waals surface area contributed by atoms with Crippen LogP contribution in [0.5, 0.6) is 17.2 Å². The second kappa shape index (κ2) is 6.83. The fourth-order valence-corrected chi connectivity index (χ4v) is 3.16. The van der Waals surface area contributed by atoms with E-state index in [0.717, 1.165) is 35.5 Å². The number of rotatable bonds is 5. The molecule has 24 heavy (non-hydrogen) atoms. The van der Waals surface area contributed by atoms with E-state index in [-0.39, 0.29) is 0 Å². The van der Waals surface area contributed by atoms with Gasteiger partial charge in [-0.15, -0.1) is 0 Å². The van der Waals surface area contributed by atoms with Gasteiger partial charge in [0.2, 0.25) is 0 Å². The molecule has 2 N–H and O–H groups in total. The second-order valence-electron chi connectivity index (χ2n) is 5.93. The minimum Gasteiger partial charge on any atom is -0.496 e. The number of amides is 1. The van der Waals surface area contributed by atoms with Crippen LogP contribution in [-0.2, 0) is 12.8 Å². The fraction of sp³-hybridized carbons (Fsp3) is 0.316. The highest BCUT2D eigenvalue weighted by atomic mass is 16.5. The first-order valence-corrected chi connectivity index (χ1v) is 7.87. The van der Waals surface area contributed by atoms with Crippen molar-refractivity contribution < 1.29 is 19.0 Å². The van der Waals surface area contributed by atoms with Crippen molar-refractivity contribution in [1.82, 2.24) is 0 Å². The lowest BCUT2D eigenvalue weighted by Crippen LogP contribution is -2.23. The van der Waals surface area contributed by atoms with E-state index >= 15 is 0 Å². The summed E-state index contributed by atoms with van der Waals surface area (Å²) in [6, 6.07) is 11.5. The maximum absolute atomic E-state index is 11.6. The van der Waals surface area contributed by atoms with E-state index in [1.165, 1.54) is 7.11 Å². The van der Waals surface area contributed by atoms with Gasteiger partial charge in [0.05, 0.1) is 26.4 Å². The van der Waals surface area contributed by atoms with E-state index in [4.69, 9.17) is 19.9 Å². The van der Waals surface area contributed by atoms with Gasteiger partial charge in [-0.25, -0.2) is 0 Å². The molecule has 1 aliphatic heterocycles. The molecule has 0 spiro atoms. The summed E-state index contributed by atoms with van der Waals surface area (Å²) >= 11 is 0. The number of methoxy groups -OCH3 is 2. The predicted molar refractivity (Wildman–Crippen MR) is 90.9 cm³/mol. The second-order valence-corrected chi connectivity index (χ2v) is 5.93. The minimum atomic E-state index is -0.483. The minimum absolute atomic E-state index is 0.332. The van der Waals surface area contributed by atoms with Crippen LogP contribution in [0.3, 0.4) is 0 Å². The van der Waals surface area contributed by atoms with Crippen LogP contribution in [0, 0.1) is 5.92 Å². The van der Waals surface area contributed by atoms with Crippen molar-refractivity contribution >= 4 is 5.91 Å². The van der Waals surface area contributed by atoms with Crippen molar-refractivity contribution in [3.8, 4) is 17.2 Å². The van der Waals surface area contributed by atoms with Crippen molar-refractivity contribution in [2.24, 2.45) is 11.7 Å². The molecular weight excluding hydrogens is 306 g/mol. The van der Waals surface area contributed by atoms with Gasteiger partial charge in [-0.3, -0.25) is 4.79 Å². The Hall–Kier alpha value is -2.69. The van der Waals surface area contributed by atoms with Crippen molar-refractivity contribution in [3.63, 3.8) is 0 Å². The average Bonchev–Trinajstić information content (AvgIpc) is 2.60. The monoisotopic (exact) mass is 327 g/mol. The van der Waals surface area contributed by atoms with Gasteiger partial charge in [-0.2, -0.15) is 0 Å². The first-order chi connectivity index (χ1) is 11.6. The largest absolute Gasteiger partial charge is 0.496 e. The number of para-hydroxylation sites is 1. The van der Waals surface area contributed by atoms with Crippen molar-refractivity contribution in [2.45, 2.75) is 12.8 Å². The lowest BCUT2D eigenvalue weighted by molar-refractivity contribution is 0.0997. The van der Waals surface area contributed by atoms with Gasteiger partial charge in [-0.05, 0) is 42.2 Å². The molecule has 3 rings (SSSR count). The molecule has 2 aromatic carbocycles. The topological polar surface area (TPSA) is 70.8 Å². The maximum Gasteiger partial charge on any atom is 0.252 e. The lowest BCUT2D eigenvalue weighted by atomic mass is 9.90. The Morgan fingerprint density at radius 2 is 2.00 bits per heavy atom. The van der Waals surface area contributed by atoms with Crippen LogP contribution in [-0.4, -0.2) is 26.7 Å². The molecule has 1 aliphatic rings. The summed E-state index contributed by atoms with van der Waals surface area (Å²) < 4.78 is 16.4. The molecule has 0 aliphatic carbocycles. The van der Waals surface area contributed by atoms with Crippen molar-refractivity contribution in [2.75, 3.05) is 20.8 Å². The number of hydrogen-bond acceptors (Lipinski definition) is 4. The number of carbonyl (C=O) groups is 1. The van der Waals surface area contributed by atoms with Gasteiger partial charge in [0, 0.05) is 5.92 Å². The zero-order valence-corrected chi connectivity index (χ0v) is 13.9. The normalized spacial score (nSPS) is 16.0. The van der Waals surface area contributed by atoms with Gasteiger partial charge < -0.3 is 19.9 Å². The zero-order valence-electron chi connectivity index (χ0n) is 13.9. The van der Waals surface area contributed by atoms with Crippen LogP contribution >= 0.6 is 0 Å². The molecular formula is C19H21NO4. The molecule has 0 fully saturated rings. The van der Waals surface area contributed by atoms with Crippen LogP contribution < -0.4 is 19.9 Å². The van der Waals surface area contributed by atoms with Crippen LogP contribution in [0.4, 0.5) is 0 Å². The fourth-order valence-electron chi connectivity index (χ4n) is 3.16. The number of carbonyl (C=O) groups excluding carboxylic acids is 1. The van der Waals surface area contributed by atoms with Gasteiger partial charge in [-0.1, -0.05) is 18.2 Å². The molecule has 1 amide bonds. The SMILES string of the molecule is COc1ccc(C[C@H]2COc3c(cccc3OC)C2)cc1C(N)=O. The van der Waals surface area contributed by atoms with Crippen LogP contribution in [0.1, 0.15) is 21.5 Å². The maximum atomic E-state index is 11.6. The third-order valence-electron chi connectivity index (χ3n) is 4.31. The molecule has 5 nitrogen and oxygen atoms in total. The molecule has 5 heteroatoms. The number of ether oxygens (including phenoxy) is 3. The van der Waals surface area contributed by atoms with Crippen molar-refractivity contribution in [1.29, 1.82) is 0 Å². The zero-order chi connectivity index (χ0) is 17.1. The van der Waals surface area contributed by atoms with Crippen LogP contribution in [0.2, 0.25) is 0 Å². The molecule has 1 heterocycles. The van der Waals surface area contributed by atoms with Gasteiger partial charge in [0.15, 0.2) is 11.5 Å². The number of hydrogen-bond donors (Lipinski definition) is 1. The summed E-state index contributed by atoms with van der Waals surface area (Å²) in [6.07, 6.45) is 1.71. The summed E-state index contributed by atoms with van der Waals surface area (Å²) in [5, 5.41) is 0. The van der Waals surface area contributed by atoms with Gasteiger partial charge in [0.25, 0.3) is 5.91 Å². The van der Waals surface area contributed by atoms with Crippen LogP contribution in [0.25, 0.3) is 0 Å². The predicted octanol–water partition coefficient (Wildman–Crippen LogP) is 2.60. The smallest absolute Gasteiger partial charge is 0.252 e. The first-order valence-electron chi connectivity index (χ1n) is 7.87. The highest BCUT2D eigenvalue weighted by molar-refractivity contribution is 5.95. The van der Waals surface area contributed by atoms with Crippen molar-refractivity contribution in [3.05, 3.63) is 53.1 Å². The van der Waals surface area contributed by atoms with E-state index in [2.05, 4.69) is 6.07 Å². The highest BCUT2D eigenvalue weighted by Gasteiger charge is 2.23. The Balaban J connectivity index is 1.78. The Morgan fingerprint density at radius 3 is 2.71 bits per heavy atom. The van der Waals surface area contributed by atoms with E-state index in [9.17, 15) is 4.79 Å². The number of primary amides is 1. The van der Waals surface area contributed by atoms with E-state index in [0.29, 0.717) is 23.8 Å². The quantitative estimate of drug-likeness (QED) is 0.916. The summed E-state index contributed by atoms with van der Waals surface area (Å²) in [4.78, 5) is 11.6. The molecule has 1 atom stereocenters. The third kappa shape index (κ3) is 3.15. The molecule has 0 unspecified atom stereocenters. The highest BCUT2D eigenvalue weighted by Crippen LogP contribution is 2.37. The Labute approximate surface area is 141 Å². The molecule has 2 aromatic rings. The first kappa shape index (κ1) is 16.2. The van der Waals surface area contributed by atoms with E-state index < -0.39 is 5.91 Å². The molecule has 0 saturated carbocycles. The molecule has 0 radical (unpaired) electrons. The summed E-state index contributed by atoms with van der Waals surface area (Å²) in [6.45, 7) is 0.616. The summed E-state index contributed by atoms with van der Waals surface area (Å²) in [5.41, 5.74) is 8.03. The Bertz CT molecular complexity index is 757. The van der Waals surface area contributed by atoms with E-state index in [1.54, 1.807) is 13.2 Å².